The van der Waals surface area contributed by atoms with Crippen molar-refractivity contribution in [3.63, 3.8) is 0 Å². The fourth-order valence-corrected chi connectivity index (χ4v) is 2.92. The van der Waals surface area contributed by atoms with Gasteiger partial charge in [-0.15, -0.1) is 0 Å². The van der Waals surface area contributed by atoms with E-state index in [0.717, 1.165) is 24.4 Å². The zero-order valence-corrected chi connectivity index (χ0v) is 12.3. The van der Waals surface area contributed by atoms with Crippen LogP contribution in [0.1, 0.15) is 17.5 Å². The van der Waals surface area contributed by atoms with Crippen LogP contribution >= 0.6 is 0 Å². The Morgan fingerprint density at radius 3 is 2.76 bits per heavy atom. The first kappa shape index (κ1) is 14.0. The molecule has 0 aromatic heterocycles. The van der Waals surface area contributed by atoms with Gasteiger partial charge in [0.1, 0.15) is 12.4 Å². The van der Waals surface area contributed by atoms with E-state index >= 15 is 0 Å². The lowest BCUT2D eigenvalue weighted by Crippen LogP contribution is -2.33. The van der Waals surface area contributed by atoms with Gasteiger partial charge in [-0.1, -0.05) is 36.4 Å². The minimum Gasteiger partial charge on any atom is -0.491 e. The number of hydrogen-bond donors (Lipinski definition) is 1. The molecule has 1 aliphatic rings. The average molecular weight is 282 g/mol. The van der Waals surface area contributed by atoms with E-state index in [1.165, 1.54) is 24.1 Å². The molecular weight excluding hydrogens is 260 g/mol. The van der Waals surface area contributed by atoms with Crippen LogP contribution in [0, 0.1) is 0 Å². The quantitative estimate of drug-likeness (QED) is 0.916. The number of aryl methyl sites for hydroxylation is 1. The molecule has 0 aliphatic carbocycles. The fourth-order valence-electron chi connectivity index (χ4n) is 2.92. The van der Waals surface area contributed by atoms with Crippen molar-refractivity contribution in [2.24, 2.45) is 5.73 Å². The van der Waals surface area contributed by atoms with Gasteiger partial charge in [0, 0.05) is 24.3 Å². The molecule has 0 spiro atoms. The van der Waals surface area contributed by atoms with E-state index in [2.05, 4.69) is 29.2 Å². The fraction of sp³-hybridized carbons (Fsp3) is 0.333. The third kappa shape index (κ3) is 3.19. The third-order valence-electron chi connectivity index (χ3n) is 4.02. The number of nitrogens with two attached hydrogens (primary N) is 1. The van der Waals surface area contributed by atoms with Crippen molar-refractivity contribution in [3.8, 4) is 5.75 Å². The molecule has 2 aromatic carbocycles. The summed E-state index contributed by atoms with van der Waals surface area (Å²) in [4.78, 5) is 2.42. The number of para-hydroxylation sites is 2. The van der Waals surface area contributed by atoms with Crippen LogP contribution in [-0.2, 0) is 13.0 Å². The molecule has 3 nitrogen and oxygen atoms in total. The molecule has 21 heavy (non-hydrogen) atoms. The molecule has 1 heterocycles. The van der Waals surface area contributed by atoms with Crippen LogP contribution in [0.2, 0.25) is 0 Å². The van der Waals surface area contributed by atoms with Crippen LogP contribution in [0.15, 0.2) is 48.5 Å². The standard InChI is InChI=1S/C18H22N2O/c19-14-16-7-2-4-10-18(16)21-13-12-20-11-5-8-15-6-1-3-9-17(15)20/h1-4,6-7,9-10H,5,8,11-14,19H2. The van der Waals surface area contributed by atoms with Crippen molar-refractivity contribution >= 4 is 5.69 Å². The van der Waals surface area contributed by atoms with E-state index < -0.39 is 0 Å². The number of fused-ring (bicyclic) bond motifs is 1. The Kier molecular flexibility index (Phi) is 4.41. The topological polar surface area (TPSA) is 38.5 Å². The van der Waals surface area contributed by atoms with Gasteiger partial charge in [-0.3, -0.25) is 0 Å². The lowest BCUT2D eigenvalue weighted by atomic mass is 10.0. The van der Waals surface area contributed by atoms with Gasteiger partial charge >= 0.3 is 0 Å². The van der Waals surface area contributed by atoms with Crippen molar-refractivity contribution in [3.05, 3.63) is 59.7 Å². The molecule has 3 rings (SSSR count). The van der Waals surface area contributed by atoms with Crippen LogP contribution in [0.4, 0.5) is 5.69 Å². The van der Waals surface area contributed by atoms with Gasteiger partial charge < -0.3 is 15.4 Å². The normalized spacial score (nSPS) is 13.9. The second-order valence-electron chi connectivity index (χ2n) is 5.38. The minimum atomic E-state index is 0.517. The van der Waals surface area contributed by atoms with Crippen molar-refractivity contribution < 1.29 is 4.74 Å². The first-order chi connectivity index (χ1) is 10.4. The molecule has 0 saturated carbocycles. The SMILES string of the molecule is NCc1ccccc1OCCN1CCCc2ccccc21. The van der Waals surface area contributed by atoms with Crippen molar-refractivity contribution in [1.82, 2.24) is 0 Å². The summed E-state index contributed by atoms with van der Waals surface area (Å²) in [7, 11) is 0. The second kappa shape index (κ2) is 6.64. The highest BCUT2D eigenvalue weighted by Crippen LogP contribution is 2.26. The summed E-state index contributed by atoms with van der Waals surface area (Å²) >= 11 is 0. The van der Waals surface area contributed by atoms with Gasteiger partial charge in [0.25, 0.3) is 0 Å². The summed E-state index contributed by atoms with van der Waals surface area (Å²) in [6, 6.07) is 16.7. The molecule has 1 aliphatic heterocycles. The van der Waals surface area contributed by atoms with E-state index in [1.54, 1.807) is 0 Å². The maximum atomic E-state index is 5.92. The Balaban J connectivity index is 1.61. The molecule has 2 N–H and O–H groups in total. The second-order valence-corrected chi connectivity index (χ2v) is 5.38. The number of nitrogens with zero attached hydrogens (tertiary/aromatic N) is 1. The van der Waals surface area contributed by atoms with Gasteiger partial charge in [-0.25, -0.2) is 0 Å². The van der Waals surface area contributed by atoms with Crippen LogP contribution in [0.3, 0.4) is 0 Å². The summed E-state index contributed by atoms with van der Waals surface area (Å²) in [5, 5.41) is 0. The van der Waals surface area contributed by atoms with E-state index in [1.807, 2.05) is 24.3 Å². The lowest BCUT2D eigenvalue weighted by molar-refractivity contribution is 0.319. The number of anilines is 1. The number of rotatable bonds is 5. The van der Waals surface area contributed by atoms with Gasteiger partial charge in [0.15, 0.2) is 0 Å². The first-order valence-electron chi connectivity index (χ1n) is 7.62. The first-order valence-corrected chi connectivity index (χ1v) is 7.62. The smallest absolute Gasteiger partial charge is 0.123 e. The van der Waals surface area contributed by atoms with Crippen LogP contribution < -0.4 is 15.4 Å². The third-order valence-corrected chi connectivity index (χ3v) is 4.02. The van der Waals surface area contributed by atoms with Crippen molar-refractivity contribution in [1.29, 1.82) is 0 Å². The maximum Gasteiger partial charge on any atom is 0.123 e. The highest BCUT2D eigenvalue weighted by Gasteiger charge is 2.15. The number of hydrogen-bond acceptors (Lipinski definition) is 3. The molecule has 0 radical (unpaired) electrons. The van der Waals surface area contributed by atoms with E-state index in [0.29, 0.717) is 13.2 Å². The number of benzene rings is 2. The predicted molar refractivity (Wildman–Crippen MR) is 86.8 cm³/mol. The van der Waals surface area contributed by atoms with E-state index in [-0.39, 0.29) is 0 Å². The van der Waals surface area contributed by atoms with Crippen LogP contribution in [0.5, 0.6) is 5.75 Å². The van der Waals surface area contributed by atoms with Crippen molar-refractivity contribution in [2.75, 3.05) is 24.6 Å². The van der Waals surface area contributed by atoms with Crippen LogP contribution in [0.25, 0.3) is 0 Å². The summed E-state index contributed by atoms with van der Waals surface area (Å²) in [5.41, 5.74) is 9.61. The highest BCUT2D eigenvalue weighted by atomic mass is 16.5. The molecule has 3 heteroatoms. The maximum absolute atomic E-state index is 5.92. The molecule has 110 valence electrons. The Hall–Kier alpha value is -2.00. The molecular formula is C18H22N2O. The Morgan fingerprint density at radius 2 is 1.86 bits per heavy atom. The largest absolute Gasteiger partial charge is 0.491 e. The Labute approximate surface area is 126 Å². The van der Waals surface area contributed by atoms with Crippen molar-refractivity contribution in [2.45, 2.75) is 19.4 Å². The lowest BCUT2D eigenvalue weighted by Gasteiger charge is -2.31. The van der Waals surface area contributed by atoms with Crippen LogP contribution in [-0.4, -0.2) is 19.7 Å². The Morgan fingerprint density at radius 1 is 1.05 bits per heavy atom. The molecule has 0 saturated heterocycles. The molecule has 0 atom stereocenters. The van der Waals surface area contributed by atoms with Gasteiger partial charge in [0.05, 0.1) is 6.54 Å². The molecule has 0 fully saturated rings. The monoisotopic (exact) mass is 282 g/mol. The summed E-state index contributed by atoms with van der Waals surface area (Å²) < 4.78 is 5.92. The van der Waals surface area contributed by atoms with Gasteiger partial charge in [-0.05, 0) is 30.5 Å². The summed E-state index contributed by atoms with van der Waals surface area (Å²) in [6.07, 6.45) is 2.40. The van der Waals surface area contributed by atoms with Gasteiger partial charge in [-0.2, -0.15) is 0 Å². The molecule has 2 aromatic rings. The molecule has 0 amide bonds. The number of ether oxygens (including phenoxy) is 1. The minimum absolute atomic E-state index is 0.517. The zero-order valence-electron chi connectivity index (χ0n) is 12.3. The predicted octanol–water partition coefficient (Wildman–Crippen LogP) is 2.98. The van der Waals surface area contributed by atoms with Gasteiger partial charge in [0.2, 0.25) is 0 Å². The molecule has 0 bridgehead atoms. The Bertz CT molecular complexity index is 597. The summed E-state index contributed by atoms with van der Waals surface area (Å²) in [6.45, 7) is 3.23. The zero-order chi connectivity index (χ0) is 14.5. The highest BCUT2D eigenvalue weighted by molar-refractivity contribution is 5.55. The average Bonchev–Trinajstić information content (AvgIpc) is 2.55. The summed E-state index contributed by atoms with van der Waals surface area (Å²) in [5.74, 6) is 0.908. The molecule has 0 unspecified atom stereocenters. The van der Waals surface area contributed by atoms with E-state index in [4.69, 9.17) is 10.5 Å². The van der Waals surface area contributed by atoms with E-state index in [9.17, 15) is 0 Å².